The molecule has 13 heavy (non-hydrogen) atoms. The van der Waals surface area contributed by atoms with E-state index in [1.165, 1.54) is 13.2 Å². The van der Waals surface area contributed by atoms with Crippen LogP contribution in [0.3, 0.4) is 0 Å². The van der Waals surface area contributed by atoms with Crippen LogP contribution in [0.4, 0.5) is 5.69 Å². The molecule has 68 valence electrons. The van der Waals surface area contributed by atoms with Gasteiger partial charge in [0.25, 0.3) is 0 Å². The highest BCUT2D eigenvalue weighted by atomic mass is 79.9. The summed E-state index contributed by atoms with van der Waals surface area (Å²) in [6.45, 7) is 0. The van der Waals surface area contributed by atoms with Gasteiger partial charge in [0.1, 0.15) is 11.4 Å². The van der Waals surface area contributed by atoms with Crippen molar-refractivity contribution in [3.05, 3.63) is 21.6 Å². The molecule has 0 radical (unpaired) electrons. The second kappa shape index (κ2) is 4.42. The van der Waals surface area contributed by atoms with Crippen LogP contribution in [-0.2, 0) is 4.79 Å². The van der Waals surface area contributed by atoms with Crippen LogP contribution in [0.5, 0.6) is 5.75 Å². The third-order valence-corrected chi connectivity index (χ3v) is 2.48. The molecule has 1 aromatic rings. The van der Waals surface area contributed by atoms with Crippen molar-refractivity contribution in [3.63, 3.8) is 0 Å². The zero-order chi connectivity index (χ0) is 9.84. The molecule has 0 aliphatic heterocycles. The first-order chi connectivity index (χ1) is 6.20. The second-order valence-corrected chi connectivity index (χ2v) is 3.32. The molecule has 0 atom stereocenters. The number of isocyanates is 1. The number of benzene rings is 1. The fourth-order valence-corrected chi connectivity index (χ4v) is 1.74. The summed E-state index contributed by atoms with van der Waals surface area (Å²) in [5.41, 5.74) is 0.330. The van der Waals surface area contributed by atoms with Crippen molar-refractivity contribution in [1.82, 2.24) is 0 Å². The Morgan fingerprint density at radius 1 is 1.62 bits per heavy atom. The number of nitrogens with zero attached hydrogens (tertiary/aromatic N) is 1. The van der Waals surface area contributed by atoms with Crippen molar-refractivity contribution in [2.24, 2.45) is 4.99 Å². The van der Waals surface area contributed by atoms with Gasteiger partial charge < -0.3 is 4.74 Å². The van der Waals surface area contributed by atoms with Crippen LogP contribution in [0.25, 0.3) is 0 Å². The summed E-state index contributed by atoms with van der Waals surface area (Å²) in [5.74, 6) is 0.568. The topological polar surface area (TPSA) is 38.7 Å². The fourth-order valence-electron chi connectivity index (χ4n) is 0.828. The molecule has 0 spiro atoms. The predicted octanol–water partition coefficient (Wildman–Crippen LogP) is 3.08. The Morgan fingerprint density at radius 2 is 2.31 bits per heavy atom. The van der Waals surface area contributed by atoms with Crippen LogP contribution in [0.2, 0.25) is 5.02 Å². The molecule has 0 aliphatic rings. The quantitative estimate of drug-likeness (QED) is 0.607. The van der Waals surface area contributed by atoms with Crippen molar-refractivity contribution < 1.29 is 9.53 Å². The highest BCUT2D eigenvalue weighted by Gasteiger charge is 2.09. The molecule has 0 aromatic heterocycles. The van der Waals surface area contributed by atoms with Crippen LogP contribution in [-0.4, -0.2) is 13.2 Å². The Balaban J connectivity index is 3.37. The Morgan fingerprint density at radius 3 is 2.85 bits per heavy atom. The van der Waals surface area contributed by atoms with Crippen LogP contribution in [0.15, 0.2) is 21.6 Å². The summed E-state index contributed by atoms with van der Waals surface area (Å²) in [7, 11) is 1.52. The lowest BCUT2D eigenvalue weighted by atomic mass is 10.3. The lowest BCUT2D eigenvalue weighted by Gasteiger charge is -2.05. The number of hydrogen-bond donors (Lipinski definition) is 0. The summed E-state index contributed by atoms with van der Waals surface area (Å²) in [5, 5.41) is 0.371. The van der Waals surface area contributed by atoms with Gasteiger partial charge in [0.2, 0.25) is 6.08 Å². The average molecular weight is 262 g/mol. The smallest absolute Gasteiger partial charge is 0.240 e. The van der Waals surface area contributed by atoms with E-state index in [2.05, 4.69) is 20.9 Å². The van der Waals surface area contributed by atoms with Crippen LogP contribution in [0.1, 0.15) is 0 Å². The molecule has 0 bridgehead atoms. The number of methoxy groups -OCH3 is 1. The van der Waals surface area contributed by atoms with Gasteiger partial charge in [-0.2, -0.15) is 4.99 Å². The Bertz CT molecular complexity index is 375. The van der Waals surface area contributed by atoms with E-state index < -0.39 is 0 Å². The third kappa shape index (κ3) is 2.10. The van der Waals surface area contributed by atoms with Crippen molar-refractivity contribution in [3.8, 4) is 5.75 Å². The van der Waals surface area contributed by atoms with E-state index in [0.29, 0.717) is 20.9 Å². The number of halogens is 2. The molecule has 0 fully saturated rings. The summed E-state index contributed by atoms with van der Waals surface area (Å²) in [6, 6.07) is 3.28. The molecule has 0 saturated carbocycles. The first-order valence-electron chi connectivity index (χ1n) is 3.30. The SMILES string of the molecule is COc1ccc(Cl)c(N=C=O)c1Br. The number of hydrogen-bond acceptors (Lipinski definition) is 3. The molecule has 0 aliphatic carbocycles. The molecule has 0 N–H and O–H groups in total. The molecule has 0 unspecified atom stereocenters. The standard InChI is InChI=1S/C8H5BrClNO2/c1-13-6-3-2-5(10)8(7(6)9)11-4-12/h2-3H,1H3. The summed E-state index contributed by atoms with van der Waals surface area (Å²) >= 11 is 8.99. The minimum absolute atomic E-state index is 0.330. The van der Waals surface area contributed by atoms with Crippen molar-refractivity contribution in [1.29, 1.82) is 0 Å². The number of rotatable bonds is 2. The van der Waals surface area contributed by atoms with Crippen molar-refractivity contribution in [2.45, 2.75) is 0 Å². The first kappa shape index (κ1) is 10.3. The highest BCUT2D eigenvalue weighted by molar-refractivity contribution is 9.10. The molecule has 5 heteroatoms. The number of carbonyl (C=O) groups excluding carboxylic acids is 1. The molecule has 0 amide bonds. The van der Waals surface area contributed by atoms with Crippen molar-refractivity contribution >= 4 is 39.3 Å². The van der Waals surface area contributed by atoms with E-state index >= 15 is 0 Å². The van der Waals surface area contributed by atoms with E-state index in [9.17, 15) is 4.79 Å². The molecular weight excluding hydrogens is 257 g/mol. The largest absolute Gasteiger partial charge is 0.495 e. The Kier molecular flexibility index (Phi) is 3.48. The number of ether oxygens (including phenoxy) is 1. The average Bonchev–Trinajstić information content (AvgIpc) is 2.12. The summed E-state index contributed by atoms with van der Waals surface area (Å²) in [4.78, 5) is 13.5. The van der Waals surface area contributed by atoms with Gasteiger partial charge in [-0.3, -0.25) is 0 Å². The maximum atomic E-state index is 10.1. The lowest BCUT2D eigenvalue weighted by molar-refractivity contribution is 0.412. The van der Waals surface area contributed by atoms with Crippen LogP contribution >= 0.6 is 27.5 Å². The predicted molar refractivity (Wildman–Crippen MR) is 53.5 cm³/mol. The van der Waals surface area contributed by atoms with Crippen LogP contribution in [0, 0.1) is 0 Å². The normalized spacial score (nSPS) is 9.15. The minimum Gasteiger partial charge on any atom is -0.495 e. The number of aliphatic imine (C=N–C) groups is 1. The molecular formula is C8H5BrClNO2. The maximum Gasteiger partial charge on any atom is 0.240 e. The Hall–Kier alpha value is -0.830. The monoisotopic (exact) mass is 261 g/mol. The van der Waals surface area contributed by atoms with Crippen molar-refractivity contribution in [2.75, 3.05) is 7.11 Å². The van der Waals surface area contributed by atoms with Gasteiger partial charge in [0.05, 0.1) is 16.6 Å². The minimum atomic E-state index is 0.330. The van der Waals surface area contributed by atoms with E-state index in [1.807, 2.05) is 0 Å². The van der Waals surface area contributed by atoms with Gasteiger partial charge in [-0.15, -0.1) is 0 Å². The maximum absolute atomic E-state index is 10.1. The fraction of sp³-hybridized carbons (Fsp3) is 0.125. The van der Waals surface area contributed by atoms with E-state index in [-0.39, 0.29) is 0 Å². The van der Waals surface area contributed by atoms with Gasteiger partial charge in [-0.05, 0) is 28.1 Å². The molecule has 0 heterocycles. The molecule has 0 saturated heterocycles. The van der Waals surface area contributed by atoms with Crippen LogP contribution < -0.4 is 4.74 Å². The van der Waals surface area contributed by atoms with E-state index in [1.54, 1.807) is 12.1 Å². The summed E-state index contributed by atoms with van der Waals surface area (Å²) in [6.07, 6.45) is 1.42. The van der Waals surface area contributed by atoms with E-state index in [4.69, 9.17) is 16.3 Å². The van der Waals surface area contributed by atoms with Gasteiger partial charge in [0.15, 0.2) is 0 Å². The Labute approximate surface area is 88.5 Å². The second-order valence-electron chi connectivity index (χ2n) is 2.12. The summed E-state index contributed by atoms with van der Waals surface area (Å²) < 4.78 is 5.54. The zero-order valence-electron chi connectivity index (χ0n) is 6.67. The highest BCUT2D eigenvalue weighted by Crippen LogP contribution is 2.39. The third-order valence-electron chi connectivity index (χ3n) is 1.41. The van der Waals surface area contributed by atoms with Gasteiger partial charge >= 0.3 is 0 Å². The molecule has 1 rings (SSSR count). The van der Waals surface area contributed by atoms with Gasteiger partial charge in [-0.25, -0.2) is 4.79 Å². The first-order valence-corrected chi connectivity index (χ1v) is 4.47. The lowest BCUT2D eigenvalue weighted by Crippen LogP contribution is -1.84. The van der Waals surface area contributed by atoms with Gasteiger partial charge in [-0.1, -0.05) is 11.6 Å². The van der Waals surface area contributed by atoms with Gasteiger partial charge in [0, 0.05) is 0 Å². The molecule has 1 aromatic carbocycles. The molecule has 3 nitrogen and oxygen atoms in total. The zero-order valence-corrected chi connectivity index (χ0v) is 9.02. The van der Waals surface area contributed by atoms with E-state index in [0.717, 1.165) is 0 Å².